The average Bonchev–Trinajstić information content (AvgIpc) is 2.58. The second-order valence-corrected chi connectivity index (χ2v) is 5.49. The van der Waals surface area contributed by atoms with Gasteiger partial charge in [0.05, 0.1) is 24.7 Å². The standard InChI is InChI=1S/C18H19F3O6/c1-4-26-16(24)13(10(3)22)14(15(23)17(25)27-5-2)11-8-6-7-9-12(11)18(19,20)21/h6-9,13-14H,4-5H2,1-3H3. The molecule has 1 aromatic rings. The number of ether oxygens (including phenoxy) is 2. The minimum absolute atomic E-state index is 0.163. The summed E-state index contributed by atoms with van der Waals surface area (Å²) >= 11 is 0. The number of benzene rings is 1. The molecule has 6 nitrogen and oxygen atoms in total. The molecule has 0 aliphatic heterocycles. The van der Waals surface area contributed by atoms with Gasteiger partial charge in [0, 0.05) is 0 Å². The summed E-state index contributed by atoms with van der Waals surface area (Å²) in [6, 6.07) is 3.94. The lowest BCUT2D eigenvalue weighted by atomic mass is 9.78. The van der Waals surface area contributed by atoms with Crippen LogP contribution in [0.1, 0.15) is 37.8 Å². The van der Waals surface area contributed by atoms with Crippen LogP contribution in [-0.2, 0) is 34.8 Å². The molecule has 0 saturated carbocycles. The maximum absolute atomic E-state index is 13.4. The third-order valence-electron chi connectivity index (χ3n) is 3.67. The van der Waals surface area contributed by atoms with Crippen molar-refractivity contribution in [3.05, 3.63) is 35.4 Å². The number of alkyl halides is 3. The molecule has 0 saturated heterocycles. The monoisotopic (exact) mass is 388 g/mol. The third kappa shape index (κ3) is 5.38. The molecular weight excluding hydrogens is 369 g/mol. The second kappa shape index (κ2) is 9.29. The summed E-state index contributed by atoms with van der Waals surface area (Å²) in [5.74, 6) is -8.89. The maximum atomic E-state index is 13.4. The summed E-state index contributed by atoms with van der Waals surface area (Å²) < 4.78 is 49.5. The molecule has 1 rings (SSSR count). The van der Waals surface area contributed by atoms with Gasteiger partial charge >= 0.3 is 18.1 Å². The first-order chi connectivity index (χ1) is 12.6. The van der Waals surface area contributed by atoms with Gasteiger partial charge in [0.15, 0.2) is 0 Å². The smallest absolute Gasteiger partial charge is 0.416 e. The van der Waals surface area contributed by atoms with Gasteiger partial charge < -0.3 is 9.47 Å². The van der Waals surface area contributed by atoms with E-state index in [0.717, 1.165) is 19.1 Å². The van der Waals surface area contributed by atoms with Crippen molar-refractivity contribution in [2.24, 2.45) is 5.92 Å². The van der Waals surface area contributed by atoms with E-state index < -0.39 is 52.6 Å². The van der Waals surface area contributed by atoms with E-state index in [4.69, 9.17) is 4.74 Å². The van der Waals surface area contributed by atoms with Gasteiger partial charge in [-0.2, -0.15) is 13.2 Å². The van der Waals surface area contributed by atoms with Crippen molar-refractivity contribution in [2.45, 2.75) is 32.9 Å². The van der Waals surface area contributed by atoms with Crippen molar-refractivity contribution in [2.75, 3.05) is 13.2 Å². The number of halogens is 3. The van der Waals surface area contributed by atoms with Crippen molar-refractivity contribution in [1.82, 2.24) is 0 Å². The molecule has 1 aromatic carbocycles. The Hall–Kier alpha value is -2.71. The fourth-order valence-corrected chi connectivity index (χ4v) is 2.60. The number of carbonyl (C=O) groups is 4. The lowest BCUT2D eigenvalue weighted by Crippen LogP contribution is -2.39. The number of esters is 2. The second-order valence-electron chi connectivity index (χ2n) is 5.49. The van der Waals surface area contributed by atoms with Crippen LogP contribution in [0.4, 0.5) is 13.2 Å². The predicted octanol–water partition coefficient (Wildman–Crippen LogP) is 2.69. The minimum atomic E-state index is -4.88. The zero-order chi connectivity index (χ0) is 20.8. The molecule has 0 aliphatic rings. The Balaban J connectivity index is 3.66. The van der Waals surface area contributed by atoms with Crippen LogP contribution in [0, 0.1) is 5.92 Å². The van der Waals surface area contributed by atoms with E-state index in [0.29, 0.717) is 6.07 Å². The highest BCUT2D eigenvalue weighted by molar-refractivity contribution is 6.37. The van der Waals surface area contributed by atoms with Crippen molar-refractivity contribution >= 4 is 23.5 Å². The van der Waals surface area contributed by atoms with E-state index in [1.807, 2.05) is 0 Å². The largest absolute Gasteiger partial charge is 0.465 e. The first-order valence-corrected chi connectivity index (χ1v) is 8.10. The molecule has 0 radical (unpaired) electrons. The van der Waals surface area contributed by atoms with Crippen LogP contribution < -0.4 is 0 Å². The van der Waals surface area contributed by atoms with Crippen molar-refractivity contribution < 1.29 is 41.8 Å². The van der Waals surface area contributed by atoms with Gasteiger partial charge in [-0.3, -0.25) is 14.4 Å². The zero-order valence-corrected chi connectivity index (χ0v) is 15.0. The number of hydrogen-bond acceptors (Lipinski definition) is 6. The van der Waals surface area contributed by atoms with Crippen molar-refractivity contribution in [1.29, 1.82) is 0 Å². The molecule has 9 heteroatoms. The average molecular weight is 388 g/mol. The Kier molecular flexibility index (Phi) is 7.68. The molecule has 2 atom stereocenters. The van der Waals surface area contributed by atoms with Crippen LogP contribution in [0.15, 0.2) is 24.3 Å². The topological polar surface area (TPSA) is 86.7 Å². The summed E-state index contributed by atoms with van der Waals surface area (Å²) in [6.45, 7) is 3.40. The molecule has 0 aliphatic carbocycles. The first-order valence-electron chi connectivity index (χ1n) is 8.10. The van der Waals surface area contributed by atoms with Gasteiger partial charge in [-0.25, -0.2) is 4.79 Å². The number of rotatable bonds is 8. The minimum Gasteiger partial charge on any atom is -0.465 e. The van der Waals surface area contributed by atoms with Crippen LogP contribution in [0.2, 0.25) is 0 Å². The molecule has 0 aromatic heterocycles. The molecular formula is C18H19F3O6. The third-order valence-corrected chi connectivity index (χ3v) is 3.67. The summed E-state index contributed by atoms with van der Waals surface area (Å²) in [7, 11) is 0. The Bertz CT molecular complexity index is 726. The highest BCUT2D eigenvalue weighted by Gasteiger charge is 2.46. The summed E-state index contributed by atoms with van der Waals surface area (Å²) in [5, 5.41) is 0. The Morgan fingerprint density at radius 2 is 1.56 bits per heavy atom. The quantitative estimate of drug-likeness (QED) is 0.387. The van der Waals surface area contributed by atoms with Crippen LogP contribution >= 0.6 is 0 Å². The highest BCUT2D eigenvalue weighted by atomic mass is 19.4. The van der Waals surface area contributed by atoms with Gasteiger partial charge in [0.2, 0.25) is 5.78 Å². The van der Waals surface area contributed by atoms with E-state index in [1.54, 1.807) is 0 Å². The lowest BCUT2D eigenvalue weighted by molar-refractivity contribution is -0.159. The Morgan fingerprint density at radius 3 is 2.04 bits per heavy atom. The van der Waals surface area contributed by atoms with Gasteiger partial charge in [-0.1, -0.05) is 18.2 Å². The zero-order valence-electron chi connectivity index (χ0n) is 15.0. The van der Waals surface area contributed by atoms with Crippen molar-refractivity contribution in [3.63, 3.8) is 0 Å². The van der Waals surface area contributed by atoms with Gasteiger partial charge in [-0.05, 0) is 32.4 Å². The Labute approximate surface area is 153 Å². The summed E-state index contributed by atoms with van der Waals surface area (Å²) in [6.07, 6.45) is -4.88. The molecule has 0 bridgehead atoms. The molecule has 0 heterocycles. The van der Waals surface area contributed by atoms with E-state index >= 15 is 0 Å². The highest BCUT2D eigenvalue weighted by Crippen LogP contribution is 2.39. The number of ketones is 2. The van der Waals surface area contributed by atoms with Crippen LogP contribution in [0.25, 0.3) is 0 Å². The van der Waals surface area contributed by atoms with E-state index in [-0.39, 0.29) is 13.2 Å². The Morgan fingerprint density at radius 1 is 1.00 bits per heavy atom. The summed E-state index contributed by atoms with van der Waals surface area (Å²) in [5.41, 5.74) is -1.90. The molecule has 2 unspecified atom stereocenters. The van der Waals surface area contributed by atoms with E-state index in [2.05, 4.69) is 4.74 Å². The number of carbonyl (C=O) groups excluding carboxylic acids is 4. The van der Waals surface area contributed by atoms with Crippen molar-refractivity contribution in [3.8, 4) is 0 Å². The van der Waals surface area contributed by atoms with Gasteiger partial charge in [0.25, 0.3) is 0 Å². The summed E-state index contributed by atoms with van der Waals surface area (Å²) in [4.78, 5) is 48.7. The van der Waals surface area contributed by atoms with Gasteiger partial charge in [-0.15, -0.1) is 0 Å². The van der Waals surface area contributed by atoms with Gasteiger partial charge in [0.1, 0.15) is 11.7 Å². The SMILES string of the molecule is CCOC(=O)C(=O)C(c1ccccc1C(F)(F)F)C(C(C)=O)C(=O)OCC. The fourth-order valence-electron chi connectivity index (χ4n) is 2.60. The van der Waals surface area contributed by atoms with Crippen LogP contribution in [0.3, 0.4) is 0 Å². The van der Waals surface area contributed by atoms with E-state index in [1.165, 1.54) is 19.9 Å². The number of hydrogen-bond donors (Lipinski definition) is 0. The predicted molar refractivity (Wildman–Crippen MR) is 86.6 cm³/mol. The first kappa shape index (κ1) is 22.3. The normalized spacial score (nSPS) is 13.4. The van der Waals surface area contributed by atoms with E-state index in [9.17, 15) is 32.3 Å². The molecule has 148 valence electrons. The maximum Gasteiger partial charge on any atom is 0.416 e. The molecule has 0 amide bonds. The molecule has 0 spiro atoms. The molecule has 0 fully saturated rings. The fraction of sp³-hybridized carbons (Fsp3) is 0.444. The lowest BCUT2D eigenvalue weighted by Gasteiger charge is -2.25. The van der Waals surface area contributed by atoms with Crippen LogP contribution in [-0.4, -0.2) is 36.7 Å². The number of Topliss-reactive ketones (excluding diaryl/α,β-unsaturated/α-hetero) is 2. The van der Waals surface area contributed by atoms with Crippen LogP contribution in [0.5, 0.6) is 0 Å². The molecule has 0 N–H and O–H groups in total. The molecule has 27 heavy (non-hydrogen) atoms.